The van der Waals surface area contributed by atoms with E-state index in [2.05, 4.69) is 26.5 Å². The molecule has 4 aromatic rings. The highest BCUT2D eigenvalue weighted by Crippen LogP contribution is 2.32. The van der Waals surface area contributed by atoms with Crippen molar-refractivity contribution in [1.29, 1.82) is 0 Å². The number of carboxylic acids is 2. The van der Waals surface area contributed by atoms with Crippen LogP contribution in [0.2, 0.25) is 0 Å². The summed E-state index contributed by atoms with van der Waals surface area (Å²) in [5.74, 6) is 1.01. The molecule has 0 aliphatic rings. The average Bonchev–Trinajstić information content (AvgIpc) is 3.14. The highest BCUT2D eigenvalue weighted by Gasteiger charge is 2.18. The molecule has 6 N–H and O–H groups in total. The maximum atomic E-state index is 11.4. The summed E-state index contributed by atoms with van der Waals surface area (Å²) in [6.07, 6.45) is 3.42. The summed E-state index contributed by atoms with van der Waals surface area (Å²) in [5.41, 5.74) is 7.21. The number of aliphatic hydroxyl groups is 2. The van der Waals surface area contributed by atoms with Crippen LogP contribution in [0.5, 0.6) is 23.5 Å². The Morgan fingerprint density at radius 1 is 0.750 bits per heavy atom. The van der Waals surface area contributed by atoms with Crippen molar-refractivity contribution in [2.24, 2.45) is 0 Å². The topological polar surface area (TPSA) is 202 Å². The number of aliphatic hydroxyl groups excluding tert-OH is 2. The molecule has 4 rings (SSSR count). The number of aliphatic carboxylic acids is 2. The summed E-state index contributed by atoms with van der Waals surface area (Å²) in [5, 5.41) is 41.8. The second kappa shape index (κ2) is 18.6. The minimum absolute atomic E-state index is 0.0862. The molecule has 2 unspecified atom stereocenters. The predicted molar refractivity (Wildman–Crippen MR) is 190 cm³/mol. The Bertz CT molecular complexity index is 1970. The zero-order valence-electron chi connectivity index (χ0n) is 29.0. The summed E-state index contributed by atoms with van der Waals surface area (Å²) in [7, 11) is 2.92. The molecule has 0 fully saturated rings. The van der Waals surface area contributed by atoms with E-state index in [1.165, 1.54) is 14.2 Å². The first-order chi connectivity index (χ1) is 25.1. The van der Waals surface area contributed by atoms with Crippen LogP contribution in [0.3, 0.4) is 0 Å². The Morgan fingerprint density at radius 2 is 1.25 bits per heavy atom. The van der Waals surface area contributed by atoms with Crippen LogP contribution in [-0.4, -0.2) is 68.6 Å². The van der Waals surface area contributed by atoms with Crippen LogP contribution in [-0.2, 0) is 35.9 Å². The molecule has 0 radical (unpaired) electrons. The first-order valence-corrected chi connectivity index (χ1v) is 16.0. The predicted octanol–water partition coefficient (Wildman–Crippen LogP) is 4.43. The first kappa shape index (κ1) is 38.5. The van der Waals surface area contributed by atoms with E-state index < -0.39 is 24.0 Å². The highest BCUT2D eigenvalue weighted by molar-refractivity contribution is 5.77. The van der Waals surface area contributed by atoms with Gasteiger partial charge in [0.05, 0.1) is 20.5 Å². The van der Waals surface area contributed by atoms with Crippen LogP contribution >= 0.6 is 0 Å². The molecule has 0 spiro atoms. The molecule has 2 atom stereocenters. The van der Waals surface area contributed by atoms with Crippen LogP contribution in [0, 0.1) is 25.9 Å². The molecule has 0 saturated carbocycles. The fourth-order valence-electron chi connectivity index (χ4n) is 5.27. The molecule has 0 amide bonds. The maximum absolute atomic E-state index is 11.4. The van der Waals surface area contributed by atoms with E-state index in [1.54, 1.807) is 30.4 Å². The third kappa shape index (κ3) is 9.90. The first-order valence-electron chi connectivity index (χ1n) is 16.0. The lowest BCUT2D eigenvalue weighted by Gasteiger charge is -2.17. The van der Waals surface area contributed by atoms with Crippen LogP contribution < -0.4 is 29.6 Å². The summed E-state index contributed by atoms with van der Waals surface area (Å²) in [4.78, 5) is 31.5. The average molecular weight is 713 g/mol. The van der Waals surface area contributed by atoms with Crippen molar-refractivity contribution in [1.82, 2.24) is 20.6 Å². The molecule has 2 aromatic carbocycles. The number of hydrogen-bond acceptors (Lipinski definition) is 12. The molecule has 2 heterocycles. The largest absolute Gasteiger partial charge is 0.516 e. The second-order valence-corrected chi connectivity index (χ2v) is 11.3. The Morgan fingerprint density at radius 3 is 1.67 bits per heavy atom. The van der Waals surface area contributed by atoms with Gasteiger partial charge in [0.1, 0.15) is 25.4 Å². The minimum atomic E-state index is -1.26. The highest BCUT2D eigenvalue weighted by atomic mass is 16.5. The van der Waals surface area contributed by atoms with Gasteiger partial charge in [-0.1, -0.05) is 36.4 Å². The van der Waals surface area contributed by atoms with Gasteiger partial charge in [-0.05, 0) is 71.4 Å². The normalized spacial score (nSPS) is 12.0. The van der Waals surface area contributed by atoms with Gasteiger partial charge in [0, 0.05) is 36.3 Å². The standard InChI is InChI=1S/C38H40N4O10/c1-23-27(21-51-33-13-11-25(35(41-33)49-3)19-39-31(15-17-43)37(45)46)7-5-9-29(23)30-10-6-8-28(24(30)2)22-52-34-14-12-26(36(42-34)50-4)20-40-32(16-18-44)38(47)48/h5-15,17,31-32,39-40,43-44H,19-22H2,1-4H3,(H,45,46)(H,47,48)/b17-15+. The van der Waals surface area contributed by atoms with E-state index in [0.717, 1.165) is 39.5 Å². The SMILES string of the molecule is COc1nc(OCc2cccc(-c3cccc(COc4ccc(CNC(/C=C/O)C(=O)O)c(OC)n4)c3C)c2C)ccc1CNC(C#CO)C(=O)O. The quantitative estimate of drug-likeness (QED) is 0.0625. The molecule has 0 bridgehead atoms. The van der Waals surface area contributed by atoms with Crippen molar-refractivity contribution >= 4 is 11.9 Å². The van der Waals surface area contributed by atoms with Gasteiger partial charge in [-0.25, -0.2) is 4.79 Å². The molecule has 0 saturated heterocycles. The van der Waals surface area contributed by atoms with E-state index in [-0.39, 0.29) is 38.1 Å². The number of pyridine rings is 2. The van der Waals surface area contributed by atoms with Crippen LogP contribution in [0.15, 0.2) is 73.0 Å². The van der Waals surface area contributed by atoms with Gasteiger partial charge in [-0.3, -0.25) is 15.4 Å². The van der Waals surface area contributed by atoms with Crippen molar-refractivity contribution in [3.8, 4) is 46.7 Å². The van der Waals surface area contributed by atoms with Gasteiger partial charge in [0.25, 0.3) is 0 Å². The number of methoxy groups -OCH3 is 2. The molecule has 14 nitrogen and oxygen atoms in total. The molecule has 14 heteroatoms. The van der Waals surface area contributed by atoms with Crippen LogP contribution in [0.4, 0.5) is 0 Å². The summed E-state index contributed by atoms with van der Waals surface area (Å²) in [6.45, 7) is 4.75. The molecular formula is C38H40N4O10. The fraction of sp³-hybridized carbons (Fsp3) is 0.263. The maximum Gasteiger partial charge on any atom is 0.333 e. The number of aromatic nitrogens is 2. The van der Waals surface area contributed by atoms with E-state index >= 15 is 0 Å². The Balaban J connectivity index is 1.44. The number of carboxylic acid groups (broad SMARTS) is 2. The smallest absolute Gasteiger partial charge is 0.333 e. The zero-order valence-corrected chi connectivity index (χ0v) is 29.0. The van der Waals surface area contributed by atoms with Gasteiger partial charge in [0.2, 0.25) is 23.5 Å². The van der Waals surface area contributed by atoms with E-state index in [9.17, 15) is 19.8 Å². The number of nitrogens with one attached hydrogen (secondary N) is 2. The third-order valence-corrected chi connectivity index (χ3v) is 8.16. The third-order valence-electron chi connectivity index (χ3n) is 8.16. The van der Waals surface area contributed by atoms with Crippen molar-refractivity contribution < 1.29 is 49.0 Å². The zero-order chi connectivity index (χ0) is 37.6. The van der Waals surface area contributed by atoms with E-state index in [1.807, 2.05) is 50.2 Å². The second-order valence-electron chi connectivity index (χ2n) is 11.3. The van der Waals surface area contributed by atoms with Gasteiger partial charge < -0.3 is 39.4 Å². The van der Waals surface area contributed by atoms with Crippen molar-refractivity contribution in [3.05, 3.63) is 106 Å². The number of hydrogen-bond donors (Lipinski definition) is 6. The van der Waals surface area contributed by atoms with Crippen molar-refractivity contribution in [2.75, 3.05) is 14.2 Å². The summed E-state index contributed by atoms with van der Waals surface area (Å²) in [6, 6.07) is 16.4. The molecule has 272 valence electrons. The lowest BCUT2D eigenvalue weighted by atomic mass is 9.92. The van der Waals surface area contributed by atoms with Crippen molar-refractivity contribution in [2.45, 2.75) is 52.2 Å². The van der Waals surface area contributed by atoms with E-state index in [4.69, 9.17) is 29.2 Å². The van der Waals surface area contributed by atoms with Crippen LogP contribution in [0.25, 0.3) is 11.1 Å². The van der Waals surface area contributed by atoms with Crippen molar-refractivity contribution in [3.63, 3.8) is 0 Å². The Labute approximate surface area is 300 Å². The molecule has 0 aliphatic carbocycles. The number of ether oxygens (including phenoxy) is 4. The monoisotopic (exact) mass is 712 g/mol. The lowest BCUT2D eigenvalue weighted by molar-refractivity contribution is -0.139. The lowest BCUT2D eigenvalue weighted by Crippen LogP contribution is -2.35. The minimum Gasteiger partial charge on any atom is -0.516 e. The molecule has 0 aliphatic heterocycles. The molecular weight excluding hydrogens is 672 g/mol. The number of carbonyl (C=O) groups is 2. The van der Waals surface area contributed by atoms with Gasteiger partial charge in [-0.2, -0.15) is 9.97 Å². The number of nitrogens with zero attached hydrogens (tertiary/aromatic N) is 2. The fourth-order valence-corrected chi connectivity index (χ4v) is 5.27. The molecule has 52 heavy (non-hydrogen) atoms. The Hall–Kier alpha value is -6.30. The Kier molecular flexibility index (Phi) is 13.8. The molecule has 2 aromatic heterocycles. The van der Waals surface area contributed by atoms with Gasteiger partial charge >= 0.3 is 11.9 Å². The van der Waals surface area contributed by atoms with Crippen LogP contribution in [0.1, 0.15) is 33.4 Å². The van der Waals surface area contributed by atoms with Gasteiger partial charge in [0.15, 0.2) is 6.04 Å². The van der Waals surface area contributed by atoms with Gasteiger partial charge in [-0.15, -0.1) is 0 Å². The van der Waals surface area contributed by atoms with E-state index in [0.29, 0.717) is 29.1 Å². The summed E-state index contributed by atoms with van der Waals surface area (Å²) < 4.78 is 22.9. The summed E-state index contributed by atoms with van der Waals surface area (Å²) >= 11 is 0. The number of rotatable bonds is 18. The number of benzene rings is 2.